The highest BCUT2D eigenvalue weighted by Gasteiger charge is 2.17. The van der Waals surface area contributed by atoms with Crippen LogP contribution < -0.4 is 5.32 Å². The smallest absolute Gasteiger partial charge is 0.270 e. The van der Waals surface area contributed by atoms with E-state index in [1.807, 2.05) is 32.0 Å². The van der Waals surface area contributed by atoms with Crippen LogP contribution in [-0.4, -0.2) is 20.8 Å². The molecule has 0 aliphatic rings. The first kappa shape index (κ1) is 17.1. The Balaban J connectivity index is 2.13. The Morgan fingerprint density at radius 3 is 2.48 bits per heavy atom. The second-order valence-electron chi connectivity index (χ2n) is 6.22. The number of phenols is 1. The number of nitrogens with zero attached hydrogens (tertiary/aromatic N) is 2. The van der Waals surface area contributed by atoms with Crippen LogP contribution in [0.25, 0.3) is 0 Å². The topological polar surface area (TPSA) is 67.2 Å². The number of rotatable bonds is 6. The van der Waals surface area contributed by atoms with Gasteiger partial charge in [0.2, 0.25) is 0 Å². The first-order valence-electron chi connectivity index (χ1n) is 8.07. The molecule has 0 saturated carbocycles. The molecule has 0 radical (unpaired) electrons. The summed E-state index contributed by atoms with van der Waals surface area (Å²) in [4.78, 5) is 12.6. The molecule has 2 N–H and O–H groups in total. The molecule has 1 aromatic heterocycles. The molecule has 0 unspecified atom stereocenters. The van der Waals surface area contributed by atoms with Gasteiger partial charge in [-0.05, 0) is 49.9 Å². The molecule has 0 aliphatic carbocycles. The molecule has 124 valence electrons. The largest absolute Gasteiger partial charge is 0.508 e. The maximum Gasteiger partial charge on any atom is 0.270 e. The van der Waals surface area contributed by atoms with Crippen LogP contribution in [0.3, 0.4) is 0 Å². The van der Waals surface area contributed by atoms with Crippen LogP contribution >= 0.6 is 0 Å². The van der Waals surface area contributed by atoms with E-state index < -0.39 is 0 Å². The van der Waals surface area contributed by atoms with Crippen molar-refractivity contribution in [3.8, 4) is 5.75 Å². The molecule has 0 bridgehead atoms. The van der Waals surface area contributed by atoms with Gasteiger partial charge in [-0.25, -0.2) is 0 Å². The van der Waals surface area contributed by atoms with E-state index in [-0.39, 0.29) is 17.7 Å². The van der Waals surface area contributed by atoms with Crippen LogP contribution in [0, 0.1) is 5.92 Å². The normalized spacial score (nSPS) is 12.4. The highest BCUT2D eigenvalue weighted by molar-refractivity contribution is 5.93. The van der Waals surface area contributed by atoms with Crippen molar-refractivity contribution < 1.29 is 9.90 Å². The van der Waals surface area contributed by atoms with Crippen LogP contribution in [0.2, 0.25) is 0 Å². The Morgan fingerprint density at radius 2 is 1.91 bits per heavy atom. The lowest BCUT2D eigenvalue weighted by atomic mass is 10.1. The summed E-state index contributed by atoms with van der Waals surface area (Å²) in [6.07, 6.45) is 0.862. The van der Waals surface area contributed by atoms with Crippen molar-refractivity contribution >= 4 is 5.91 Å². The molecular weight excluding hydrogens is 290 g/mol. The Kier molecular flexibility index (Phi) is 5.42. The fourth-order valence-electron chi connectivity index (χ4n) is 2.53. The molecule has 5 nitrogen and oxygen atoms in total. The van der Waals surface area contributed by atoms with Gasteiger partial charge in [-0.1, -0.05) is 26.0 Å². The van der Waals surface area contributed by atoms with Crippen molar-refractivity contribution in [1.29, 1.82) is 0 Å². The molecule has 0 fully saturated rings. The lowest BCUT2D eigenvalue weighted by Gasteiger charge is -2.14. The number of carbonyl (C=O) groups excluding carboxylic acids is 1. The monoisotopic (exact) mass is 315 g/mol. The van der Waals surface area contributed by atoms with Crippen LogP contribution in [0.15, 0.2) is 30.3 Å². The number of carbonyl (C=O) groups is 1. The second kappa shape index (κ2) is 7.31. The van der Waals surface area contributed by atoms with E-state index in [0.29, 0.717) is 18.2 Å². The minimum Gasteiger partial charge on any atom is -0.508 e. The summed E-state index contributed by atoms with van der Waals surface area (Å²) in [7, 11) is 0. The van der Waals surface area contributed by atoms with E-state index in [0.717, 1.165) is 17.7 Å². The van der Waals surface area contributed by atoms with Crippen molar-refractivity contribution in [2.75, 3.05) is 0 Å². The highest BCUT2D eigenvalue weighted by Crippen LogP contribution is 2.17. The number of aromatic nitrogens is 2. The first-order valence-corrected chi connectivity index (χ1v) is 8.07. The number of amides is 1. The summed E-state index contributed by atoms with van der Waals surface area (Å²) < 4.78 is 1.75. The van der Waals surface area contributed by atoms with E-state index in [4.69, 9.17) is 0 Å². The molecule has 2 aromatic rings. The molecule has 5 heteroatoms. The number of hydrogen-bond acceptors (Lipinski definition) is 3. The van der Waals surface area contributed by atoms with Crippen molar-refractivity contribution in [1.82, 2.24) is 15.1 Å². The zero-order valence-electron chi connectivity index (χ0n) is 14.2. The van der Waals surface area contributed by atoms with E-state index >= 15 is 0 Å². The maximum absolute atomic E-state index is 12.6. The molecule has 23 heavy (non-hydrogen) atoms. The van der Waals surface area contributed by atoms with Crippen LogP contribution in [0.1, 0.15) is 55.5 Å². The van der Waals surface area contributed by atoms with Gasteiger partial charge in [0.25, 0.3) is 5.91 Å². The summed E-state index contributed by atoms with van der Waals surface area (Å²) in [6, 6.07) is 8.59. The van der Waals surface area contributed by atoms with Crippen molar-refractivity contribution in [3.63, 3.8) is 0 Å². The van der Waals surface area contributed by atoms with E-state index in [1.54, 1.807) is 16.8 Å². The third-order valence-electron chi connectivity index (χ3n) is 3.72. The lowest BCUT2D eigenvalue weighted by molar-refractivity contribution is 0.0929. The van der Waals surface area contributed by atoms with Gasteiger partial charge >= 0.3 is 0 Å². The number of aromatic hydroxyl groups is 1. The zero-order valence-corrected chi connectivity index (χ0v) is 14.2. The predicted octanol–water partition coefficient (Wildman–Crippen LogP) is 3.30. The fourth-order valence-corrected chi connectivity index (χ4v) is 2.53. The van der Waals surface area contributed by atoms with Gasteiger partial charge in [-0.15, -0.1) is 0 Å². The molecular formula is C18H25N3O2. The van der Waals surface area contributed by atoms with Crippen LogP contribution in [0.5, 0.6) is 5.75 Å². The summed E-state index contributed by atoms with van der Waals surface area (Å²) in [6.45, 7) is 8.84. The average molecular weight is 315 g/mol. The summed E-state index contributed by atoms with van der Waals surface area (Å²) in [5.41, 5.74) is 2.49. The predicted molar refractivity (Wildman–Crippen MR) is 90.4 cm³/mol. The first-order chi connectivity index (χ1) is 10.9. The maximum atomic E-state index is 12.6. The van der Waals surface area contributed by atoms with Gasteiger partial charge < -0.3 is 10.4 Å². The number of nitrogens with one attached hydrogen (secondary N) is 1. The van der Waals surface area contributed by atoms with Gasteiger partial charge in [0, 0.05) is 6.54 Å². The highest BCUT2D eigenvalue weighted by atomic mass is 16.3. The van der Waals surface area contributed by atoms with Gasteiger partial charge in [-0.2, -0.15) is 5.10 Å². The Bertz CT molecular complexity index is 659. The quantitative estimate of drug-likeness (QED) is 0.859. The summed E-state index contributed by atoms with van der Waals surface area (Å²) >= 11 is 0. The Hall–Kier alpha value is -2.30. The standard InChI is InChI=1S/C18H25N3O2/c1-5-21-17(11-15(20-21)10-12(2)3)18(23)19-13(4)14-6-8-16(22)9-7-14/h6-9,11-13,22H,5,10H2,1-4H3,(H,19,23)/t13-/m1/s1. The third-order valence-corrected chi connectivity index (χ3v) is 3.72. The number of hydrogen-bond donors (Lipinski definition) is 2. The van der Waals surface area contributed by atoms with E-state index in [9.17, 15) is 9.90 Å². The van der Waals surface area contributed by atoms with Crippen LogP contribution in [0.4, 0.5) is 0 Å². The molecule has 0 aliphatic heterocycles. The Morgan fingerprint density at radius 1 is 1.26 bits per heavy atom. The van der Waals surface area contributed by atoms with Crippen molar-refractivity contribution in [2.24, 2.45) is 5.92 Å². The van der Waals surface area contributed by atoms with Gasteiger partial charge in [-0.3, -0.25) is 9.48 Å². The fraction of sp³-hybridized carbons (Fsp3) is 0.444. The van der Waals surface area contributed by atoms with E-state index in [1.165, 1.54) is 0 Å². The van der Waals surface area contributed by atoms with E-state index in [2.05, 4.69) is 24.3 Å². The SMILES string of the molecule is CCn1nc(CC(C)C)cc1C(=O)N[C@H](C)c1ccc(O)cc1. The van der Waals surface area contributed by atoms with Crippen molar-refractivity contribution in [3.05, 3.63) is 47.3 Å². The summed E-state index contributed by atoms with van der Waals surface area (Å²) in [5.74, 6) is 0.589. The lowest BCUT2D eigenvalue weighted by Crippen LogP contribution is -2.28. The molecule has 1 atom stereocenters. The zero-order chi connectivity index (χ0) is 17.0. The number of aryl methyl sites for hydroxylation is 1. The molecule has 2 rings (SSSR count). The average Bonchev–Trinajstić information content (AvgIpc) is 2.90. The molecule has 0 saturated heterocycles. The second-order valence-corrected chi connectivity index (χ2v) is 6.22. The van der Waals surface area contributed by atoms with Crippen molar-refractivity contribution in [2.45, 2.75) is 46.7 Å². The minimum absolute atomic E-state index is 0.130. The van der Waals surface area contributed by atoms with Gasteiger partial charge in [0.15, 0.2) is 0 Å². The van der Waals surface area contributed by atoms with Gasteiger partial charge in [0.1, 0.15) is 11.4 Å². The van der Waals surface area contributed by atoms with Gasteiger partial charge in [0.05, 0.1) is 11.7 Å². The Labute approximate surface area is 137 Å². The number of phenolic OH excluding ortho intramolecular Hbond substituents is 1. The van der Waals surface area contributed by atoms with Crippen LogP contribution in [-0.2, 0) is 13.0 Å². The number of benzene rings is 1. The molecule has 1 aromatic carbocycles. The molecule has 0 spiro atoms. The molecule has 1 amide bonds. The minimum atomic E-state index is -0.142. The molecule has 1 heterocycles. The third kappa shape index (κ3) is 4.34. The summed E-state index contributed by atoms with van der Waals surface area (Å²) in [5, 5.41) is 16.8.